The summed E-state index contributed by atoms with van der Waals surface area (Å²) in [6, 6.07) is 17.3. The number of aromatic nitrogens is 3. The minimum Gasteiger partial charge on any atom is -0.496 e. The largest absolute Gasteiger partial charge is 0.496 e. The molecule has 3 amide bonds. The van der Waals surface area contributed by atoms with E-state index in [1.165, 1.54) is 5.01 Å². The fourth-order valence-corrected chi connectivity index (χ4v) is 4.71. The molecule has 174 valence electrons. The molecule has 9 heteroatoms. The molecule has 3 aromatic carbocycles. The third-order valence-electron chi connectivity index (χ3n) is 6.47. The average molecular weight is 467 g/mol. The molecule has 35 heavy (non-hydrogen) atoms. The average Bonchev–Trinajstić information content (AvgIpc) is 3.48. The molecule has 0 bridgehead atoms. The molecule has 1 aromatic heterocycles. The van der Waals surface area contributed by atoms with Crippen molar-refractivity contribution in [2.24, 2.45) is 0 Å². The van der Waals surface area contributed by atoms with Gasteiger partial charge in [-0.1, -0.05) is 29.5 Å². The Balaban J connectivity index is 1.32. The molecule has 4 aromatic rings. The zero-order valence-electron chi connectivity index (χ0n) is 19.0. The molecule has 3 heterocycles. The second-order valence-electron chi connectivity index (χ2n) is 8.61. The number of rotatable bonds is 4. The monoisotopic (exact) mass is 467 g/mol. The van der Waals surface area contributed by atoms with Gasteiger partial charge in [0, 0.05) is 24.0 Å². The number of methoxy groups -OCH3 is 1. The van der Waals surface area contributed by atoms with Crippen LogP contribution in [-0.4, -0.2) is 49.8 Å². The lowest BCUT2D eigenvalue weighted by Gasteiger charge is -2.32. The fourth-order valence-electron chi connectivity index (χ4n) is 4.71. The van der Waals surface area contributed by atoms with Crippen molar-refractivity contribution < 1.29 is 19.1 Å². The SMILES string of the molecule is COc1cc2ccccc2cc1-c1cn(-c2ccc3c(c2)CN(N2C(=O)CCCC2=O)C3=O)nn1. The van der Waals surface area contributed by atoms with Gasteiger partial charge in [-0.25, -0.2) is 9.69 Å². The highest BCUT2D eigenvalue weighted by atomic mass is 16.5. The topological polar surface area (TPSA) is 97.6 Å². The van der Waals surface area contributed by atoms with Gasteiger partial charge >= 0.3 is 0 Å². The van der Waals surface area contributed by atoms with E-state index in [9.17, 15) is 14.4 Å². The second kappa shape index (κ2) is 8.05. The second-order valence-corrected chi connectivity index (χ2v) is 8.61. The first kappa shape index (κ1) is 21.0. The maximum absolute atomic E-state index is 12.9. The molecule has 0 atom stereocenters. The molecule has 2 aliphatic heterocycles. The first-order valence-electron chi connectivity index (χ1n) is 11.3. The van der Waals surface area contributed by atoms with Crippen molar-refractivity contribution in [1.29, 1.82) is 0 Å². The van der Waals surface area contributed by atoms with E-state index in [0.717, 1.165) is 26.9 Å². The first-order valence-corrected chi connectivity index (χ1v) is 11.3. The van der Waals surface area contributed by atoms with Crippen LogP contribution in [0.25, 0.3) is 27.7 Å². The summed E-state index contributed by atoms with van der Waals surface area (Å²) in [6.45, 7) is 0.152. The van der Waals surface area contributed by atoms with E-state index in [1.807, 2.05) is 42.5 Å². The number of amides is 3. The first-order chi connectivity index (χ1) is 17.0. The number of fused-ring (bicyclic) bond motifs is 2. The van der Waals surface area contributed by atoms with Crippen molar-refractivity contribution in [1.82, 2.24) is 25.0 Å². The maximum Gasteiger partial charge on any atom is 0.273 e. The van der Waals surface area contributed by atoms with E-state index < -0.39 is 0 Å². The molecule has 0 spiro atoms. The summed E-state index contributed by atoms with van der Waals surface area (Å²) in [6.07, 6.45) is 2.85. The zero-order valence-corrected chi connectivity index (χ0v) is 19.0. The third-order valence-corrected chi connectivity index (χ3v) is 6.47. The van der Waals surface area contributed by atoms with Crippen molar-refractivity contribution in [3.63, 3.8) is 0 Å². The lowest BCUT2D eigenvalue weighted by Crippen LogP contribution is -2.51. The van der Waals surface area contributed by atoms with Crippen LogP contribution < -0.4 is 4.74 Å². The number of carbonyl (C=O) groups is 3. The van der Waals surface area contributed by atoms with Crippen LogP contribution in [0.2, 0.25) is 0 Å². The number of piperidine rings is 1. The molecule has 9 nitrogen and oxygen atoms in total. The predicted molar refractivity (Wildman–Crippen MR) is 126 cm³/mol. The summed E-state index contributed by atoms with van der Waals surface area (Å²) >= 11 is 0. The third kappa shape index (κ3) is 3.43. The van der Waals surface area contributed by atoms with Crippen molar-refractivity contribution >= 4 is 28.5 Å². The number of nitrogens with zero attached hydrogens (tertiary/aromatic N) is 5. The van der Waals surface area contributed by atoms with Gasteiger partial charge < -0.3 is 4.74 Å². The van der Waals surface area contributed by atoms with Gasteiger partial charge in [-0.05, 0) is 53.1 Å². The van der Waals surface area contributed by atoms with Gasteiger partial charge in [0.25, 0.3) is 5.91 Å². The van der Waals surface area contributed by atoms with Crippen molar-refractivity contribution in [3.8, 4) is 22.7 Å². The van der Waals surface area contributed by atoms with E-state index in [2.05, 4.69) is 10.3 Å². The number of hydrogen-bond acceptors (Lipinski definition) is 6. The van der Waals surface area contributed by atoms with Gasteiger partial charge in [0.15, 0.2) is 0 Å². The predicted octanol–water partition coefficient (Wildman–Crippen LogP) is 3.51. The maximum atomic E-state index is 12.9. The molecule has 1 fully saturated rings. The number of hydrazine groups is 1. The molecule has 2 aliphatic rings. The van der Waals surface area contributed by atoms with E-state index in [1.54, 1.807) is 30.1 Å². The Morgan fingerprint density at radius 1 is 0.886 bits per heavy atom. The highest BCUT2D eigenvalue weighted by Gasteiger charge is 2.39. The Labute approximate surface area is 200 Å². The van der Waals surface area contributed by atoms with Crippen LogP contribution >= 0.6 is 0 Å². The van der Waals surface area contributed by atoms with Crippen molar-refractivity contribution in [2.45, 2.75) is 25.8 Å². The number of carbonyl (C=O) groups excluding carboxylic acids is 3. The lowest BCUT2D eigenvalue weighted by atomic mass is 10.0. The summed E-state index contributed by atoms with van der Waals surface area (Å²) < 4.78 is 7.24. The van der Waals surface area contributed by atoms with Crippen LogP contribution in [0.15, 0.2) is 60.8 Å². The van der Waals surface area contributed by atoms with Crippen LogP contribution in [0, 0.1) is 0 Å². The standard InChI is InChI=1S/C26H21N5O4/c1-35-23-13-17-6-3-2-5-16(17)12-21(23)22-15-29(28-27-22)19-9-10-20-18(11-19)14-30(26(20)34)31-24(32)7-4-8-25(31)33/h2-3,5-6,9-13,15H,4,7-8,14H2,1H3. The van der Waals surface area contributed by atoms with E-state index >= 15 is 0 Å². The van der Waals surface area contributed by atoms with Gasteiger partial charge in [-0.2, -0.15) is 5.01 Å². The Bertz CT molecular complexity index is 1510. The van der Waals surface area contributed by atoms with E-state index in [4.69, 9.17) is 4.74 Å². The smallest absolute Gasteiger partial charge is 0.273 e. The summed E-state index contributed by atoms with van der Waals surface area (Å²) in [5, 5.41) is 13.0. The van der Waals surface area contributed by atoms with Crippen molar-refractivity contribution in [3.05, 3.63) is 71.9 Å². The number of ether oxygens (including phenoxy) is 1. The van der Waals surface area contributed by atoms with Gasteiger partial charge in [0.05, 0.1) is 25.5 Å². The number of hydrogen-bond donors (Lipinski definition) is 0. The van der Waals surface area contributed by atoms with Gasteiger partial charge in [0.2, 0.25) is 11.8 Å². The zero-order chi connectivity index (χ0) is 24.1. The van der Waals surface area contributed by atoms with Gasteiger partial charge in [0.1, 0.15) is 11.4 Å². The van der Waals surface area contributed by atoms with Crippen LogP contribution in [-0.2, 0) is 16.1 Å². The molecule has 0 unspecified atom stereocenters. The van der Waals surface area contributed by atoms with Crippen LogP contribution in [0.3, 0.4) is 0 Å². The number of imide groups is 1. The van der Waals surface area contributed by atoms with Crippen LogP contribution in [0.4, 0.5) is 0 Å². The molecule has 6 rings (SSSR count). The lowest BCUT2D eigenvalue weighted by molar-refractivity contribution is -0.163. The highest BCUT2D eigenvalue weighted by Crippen LogP contribution is 2.34. The van der Waals surface area contributed by atoms with Crippen LogP contribution in [0.5, 0.6) is 5.75 Å². The Hall–Kier alpha value is -4.53. The Morgan fingerprint density at radius 3 is 2.37 bits per heavy atom. The highest BCUT2D eigenvalue weighted by molar-refractivity contribution is 6.04. The van der Waals surface area contributed by atoms with Crippen LogP contribution in [0.1, 0.15) is 35.2 Å². The molecular formula is C26H21N5O4. The minimum absolute atomic E-state index is 0.152. The van der Waals surface area contributed by atoms with E-state index in [0.29, 0.717) is 29.1 Å². The Morgan fingerprint density at radius 2 is 1.63 bits per heavy atom. The Kier molecular flexibility index (Phi) is 4.84. The molecule has 0 saturated carbocycles. The molecule has 0 N–H and O–H groups in total. The van der Waals surface area contributed by atoms with Crippen molar-refractivity contribution in [2.75, 3.05) is 7.11 Å². The minimum atomic E-state index is -0.352. The fraction of sp³-hybridized carbons (Fsp3) is 0.192. The summed E-state index contributed by atoms with van der Waals surface area (Å²) in [4.78, 5) is 37.6. The van der Waals surface area contributed by atoms with E-state index in [-0.39, 0.29) is 37.1 Å². The summed E-state index contributed by atoms with van der Waals surface area (Å²) in [5.74, 6) is -0.335. The summed E-state index contributed by atoms with van der Waals surface area (Å²) in [7, 11) is 1.62. The van der Waals surface area contributed by atoms with Gasteiger partial charge in [-0.3, -0.25) is 14.4 Å². The number of benzene rings is 3. The summed E-state index contributed by atoms with van der Waals surface area (Å²) in [5.41, 5.74) is 3.38. The normalized spacial score (nSPS) is 15.7. The molecule has 0 radical (unpaired) electrons. The molecule has 1 saturated heterocycles. The quantitative estimate of drug-likeness (QED) is 0.426. The molecule has 0 aliphatic carbocycles. The van der Waals surface area contributed by atoms with Gasteiger partial charge in [-0.15, -0.1) is 5.10 Å². The molecular weight excluding hydrogens is 446 g/mol.